The number of hydrogen-bond donors (Lipinski definition) is 1. The van der Waals surface area contributed by atoms with E-state index in [0.717, 1.165) is 26.3 Å². The molecule has 0 saturated carbocycles. The van der Waals surface area contributed by atoms with Crippen LogP contribution in [0.3, 0.4) is 0 Å². The number of hydrogen-bond acceptors (Lipinski definition) is 2. The van der Waals surface area contributed by atoms with Crippen molar-refractivity contribution in [3.63, 3.8) is 0 Å². The summed E-state index contributed by atoms with van der Waals surface area (Å²) in [4.78, 5) is 10.6. The third kappa shape index (κ3) is 3.08. The molecule has 1 aromatic heterocycles. The maximum absolute atomic E-state index is 10.6. The van der Waals surface area contributed by atoms with E-state index < -0.39 is 5.97 Å². The Morgan fingerprint density at radius 1 is 1.33 bits per heavy atom. The van der Waals surface area contributed by atoms with E-state index >= 15 is 0 Å². The molecular weight excluding hydrogens is 364 g/mol. The molecular formula is C12H8Br2N2O2. The number of carboxylic acids is 1. The van der Waals surface area contributed by atoms with Gasteiger partial charge in [-0.05, 0) is 34.1 Å². The van der Waals surface area contributed by atoms with Gasteiger partial charge >= 0.3 is 5.97 Å². The van der Waals surface area contributed by atoms with Crippen LogP contribution in [0.4, 0.5) is 0 Å². The molecule has 0 aliphatic carbocycles. The number of benzene rings is 1. The number of aliphatic carboxylic acids is 1. The van der Waals surface area contributed by atoms with Crippen LogP contribution in [-0.4, -0.2) is 20.9 Å². The zero-order valence-electron chi connectivity index (χ0n) is 9.05. The molecule has 0 fully saturated rings. The van der Waals surface area contributed by atoms with E-state index in [9.17, 15) is 4.79 Å². The van der Waals surface area contributed by atoms with Gasteiger partial charge in [-0.25, -0.2) is 9.48 Å². The van der Waals surface area contributed by atoms with E-state index in [2.05, 4.69) is 37.0 Å². The minimum Gasteiger partial charge on any atom is -0.478 e. The van der Waals surface area contributed by atoms with E-state index in [-0.39, 0.29) is 0 Å². The SMILES string of the molecule is O=C(O)/C=C/c1ccc(Br)cc1-n1cc(Br)cn1. The van der Waals surface area contributed by atoms with Crippen LogP contribution < -0.4 is 0 Å². The number of rotatable bonds is 3. The normalized spacial score (nSPS) is 11.0. The average molecular weight is 372 g/mol. The first-order valence-electron chi connectivity index (χ1n) is 4.97. The third-order valence-corrected chi connectivity index (χ3v) is 3.10. The van der Waals surface area contributed by atoms with Crippen molar-refractivity contribution >= 4 is 43.9 Å². The summed E-state index contributed by atoms with van der Waals surface area (Å²) in [6.45, 7) is 0. The Hall–Kier alpha value is -1.40. The van der Waals surface area contributed by atoms with Crippen LogP contribution in [0.2, 0.25) is 0 Å². The quantitative estimate of drug-likeness (QED) is 0.840. The molecule has 0 radical (unpaired) electrons. The second kappa shape index (κ2) is 5.49. The van der Waals surface area contributed by atoms with Crippen molar-refractivity contribution in [2.75, 3.05) is 0 Å². The van der Waals surface area contributed by atoms with Gasteiger partial charge in [0.2, 0.25) is 0 Å². The average Bonchev–Trinajstić information content (AvgIpc) is 2.74. The summed E-state index contributed by atoms with van der Waals surface area (Å²) < 4.78 is 3.43. The highest BCUT2D eigenvalue weighted by Crippen LogP contribution is 2.22. The fourth-order valence-corrected chi connectivity index (χ4v) is 2.08. The van der Waals surface area contributed by atoms with Crippen LogP contribution >= 0.6 is 31.9 Å². The molecule has 6 heteroatoms. The highest BCUT2D eigenvalue weighted by molar-refractivity contribution is 9.10. The Balaban J connectivity index is 2.50. The smallest absolute Gasteiger partial charge is 0.328 e. The molecule has 1 heterocycles. The van der Waals surface area contributed by atoms with Gasteiger partial charge in [0.05, 0.1) is 16.4 Å². The molecule has 0 spiro atoms. The molecule has 0 amide bonds. The van der Waals surface area contributed by atoms with Crippen molar-refractivity contribution in [1.82, 2.24) is 9.78 Å². The molecule has 0 atom stereocenters. The maximum atomic E-state index is 10.6. The summed E-state index contributed by atoms with van der Waals surface area (Å²) in [5.41, 5.74) is 1.57. The van der Waals surface area contributed by atoms with Crippen LogP contribution in [0.5, 0.6) is 0 Å². The molecule has 2 rings (SSSR count). The first-order valence-corrected chi connectivity index (χ1v) is 6.56. The van der Waals surface area contributed by atoms with Gasteiger partial charge in [0.1, 0.15) is 0 Å². The van der Waals surface area contributed by atoms with E-state index in [1.54, 1.807) is 23.2 Å². The molecule has 0 aliphatic rings. The minimum atomic E-state index is -0.981. The van der Waals surface area contributed by atoms with Crippen molar-refractivity contribution in [3.8, 4) is 5.69 Å². The summed E-state index contributed by atoms with van der Waals surface area (Å²) in [6, 6.07) is 5.55. The molecule has 92 valence electrons. The number of nitrogens with zero attached hydrogens (tertiary/aromatic N) is 2. The number of aromatic nitrogens is 2. The van der Waals surface area contributed by atoms with Crippen LogP contribution in [0.25, 0.3) is 11.8 Å². The number of carboxylic acid groups (broad SMARTS) is 1. The van der Waals surface area contributed by atoms with Crippen molar-refractivity contribution < 1.29 is 9.90 Å². The second-order valence-electron chi connectivity index (χ2n) is 3.48. The van der Waals surface area contributed by atoms with E-state index in [0.29, 0.717) is 0 Å². The predicted octanol–water partition coefficient (Wildman–Crippen LogP) is 3.50. The molecule has 1 aromatic carbocycles. The van der Waals surface area contributed by atoms with Gasteiger partial charge in [0, 0.05) is 22.3 Å². The van der Waals surface area contributed by atoms with Gasteiger partial charge in [0.25, 0.3) is 0 Å². The van der Waals surface area contributed by atoms with Crippen molar-refractivity contribution in [3.05, 3.63) is 51.2 Å². The minimum absolute atomic E-state index is 0.774. The third-order valence-electron chi connectivity index (χ3n) is 2.20. The molecule has 1 N–H and O–H groups in total. The van der Waals surface area contributed by atoms with Gasteiger partial charge in [-0.1, -0.05) is 22.0 Å². The van der Waals surface area contributed by atoms with Gasteiger partial charge in [-0.2, -0.15) is 5.10 Å². The standard InChI is InChI=1S/C12H8Br2N2O2/c13-9-3-1-8(2-4-12(17)18)11(5-9)16-7-10(14)6-15-16/h1-7H,(H,17,18)/b4-2+. The topological polar surface area (TPSA) is 55.1 Å². The lowest BCUT2D eigenvalue weighted by Crippen LogP contribution is -1.97. The zero-order chi connectivity index (χ0) is 13.1. The van der Waals surface area contributed by atoms with E-state index in [1.165, 1.54) is 0 Å². The van der Waals surface area contributed by atoms with E-state index in [4.69, 9.17) is 5.11 Å². The molecule has 2 aromatic rings. The predicted molar refractivity (Wildman–Crippen MR) is 75.6 cm³/mol. The number of halogens is 2. The largest absolute Gasteiger partial charge is 0.478 e. The first-order chi connectivity index (χ1) is 8.56. The Bertz CT molecular complexity index is 620. The summed E-state index contributed by atoms with van der Waals surface area (Å²) in [5.74, 6) is -0.981. The summed E-state index contributed by atoms with van der Waals surface area (Å²) >= 11 is 6.71. The van der Waals surface area contributed by atoms with Gasteiger partial charge in [-0.3, -0.25) is 0 Å². The Morgan fingerprint density at radius 2 is 2.11 bits per heavy atom. The lowest BCUT2D eigenvalue weighted by Gasteiger charge is -2.06. The number of carbonyl (C=O) groups is 1. The Labute approximate surface area is 120 Å². The maximum Gasteiger partial charge on any atom is 0.328 e. The van der Waals surface area contributed by atoms with Crippen molar-refractivity contribution in [2.24, 2.45) is 0 Å². The summed E-state index contributed by atoms with van der Waals surface area (Å²) in [7, 11) is 0. The molecule has 0 aliphatic heterocycles. The van der Waals surface area contributed by atoms with Crippen LogP contribution in [0.15, 0.2) is 45.6 Å². The summed E-state index contributed by atoms with van der Waals surface area (Å²) in [6.07, 6.45) is 6.12. The fraction of sp³-hybridized carbons (Fsp3) is 0. The zero-order valence-corrected chi connectivity index (χ0v) is 12.2. The van der Waals surface area contributed by atoms with Crippen LogP contribution in [-0.2, 0) is 4.79 Å². The van der Waals surface area contributed by atoms with Crippen LogP contribution in [0, 0.1) is 0 Å². The second-order valence-corrected chi connectivity index (χ2v) is 5.31. The Kier molecular flexibility index (Phi) is 3.98. The lowest BCUT2D eigenvalue weighted by atomic mass is 10.1. The van der Waals surface area contributed by atoms with Gasteiger partial charge < -0.3 is 5.11 Å². The van der Waals surface area contributed by atoms with Crippen molar-refractivity contribution in [2.45, 2.75) is 0 Å². The Morgan fingerprint density at radius 3 is 2.72 bits per heavy atom. The molecule has 18 heavy (non-hydrogen) atoms. The fourth-order valence-electron chi connectivity index (χ4n) is 1.45. The molecule has 0 saturated heterocycles. The van der Waals surface area contributed by atoms with Gasteiger partial charge in [0.15, 0.2) is 0 Å². The molecule has 4 nitrogen and oxygen atoms in total. The van der Waals surface area contributed by atoms with Crippen molar-refractivity contribution in [1.29, 1.82) is 0 Å². The lowest BCUT2D eigenvalue weighted by molar-refractivity contribution is -0.131. The molecule has 0 unspecified atom stereocenters. The molecule has 0 bridgehead atoms. The first kappa shape index (κ1) is 13.0. The monoisotopic (exact) mass is 370 g/mol. The van der Waals surface area contributed by atoms with Gasteiger partial charge in [-0.15, -0.1) is 0 Å². The van der Waals surface area contributed by atoms with Crippen LogP contribution in [0.1, 0.15) is 5.56 Å². The summed E-state index contributed by atoms with van der Waals surface area (Å²) in [5, 5.41) is 12.9. The highest BCUT2D eigenvalue weighted by Gasteiger charge is 2.05. The highest BCUT2D eigenvalue weighted by atomic mass is 79.9. The van der Waals surface area contributed by atoms with E-state index in [1.807, 2.05) is 18.2 Å².